The number of nitrogens with zero attached hydrogens (tertiary/aromatic N) is 1. The number of carbonyl (C=O) groups is 1. The summed E-state index contributed by atoms with van der Waals surface area (Å²) < 4.78 is 7.74. The van der Waals surface area contributed by atoms with Gasteiger partial charge in [0.05, 0.1) is 6.42 Å². The predicted molar refractivity (Wildman–Crippen MR) is 71.4 cm³/mol. The highest BCUT2D eigenvalue weighted by molar-refractivity contribution is 6.79. The molecule has 0 N–H and O–H groups in total. The van der Waals surface area contributed by atoms with Crippen molar-refractivity contribution in [2.75, 3.05) is 4.57 Å². The second kappa shape index (κ2) is 4.53. The molecule has 0 bridgehead atoms. The van der Waals surface area contributed by atoms with Crippen LogP contribution < -0.4 is 4.57 Å². The first-order valence-electron chi connectivity index (χ1n) is 6.02. The van der Waals surface area contributed by atoms with Crippen molar-refractivity contribution in [2.45, 2.75) is 38.7 Å². The van der Waals surface area contributed by atoms with E-state index in [1.54, 1.807) is 0 Å². The van der Waals surface area contributed by atoms with Gasteiger partial charge in [-0.05, 0) is 12.1 Å². The number of benzene rings is 1. The number of esters is 1. The molecule has 1 aromatic rings. The smallest absolute Gasteiger partial charge is 0.307 e. The van der Waals surface area contributed by atoms with Gasteiger partial charge >= 0.3 is 5.97 Å². The van der Waals surface area contributed by atoms with Gasteiger partial charge in [0.15, 0.2) is 14.5 Å². The highest BCUT2D eigenvalue weighted by Crippen LogP contribution is 2.29. The fourth-order valence-electron chi connectivity index (χ4n) is 2.27. The average molecular weight is 249 g/mol. The molecule has 1 aliphatic heterocycles. The van der Waals surface area contributed by atoms with Crippen molar-refractivity contribution in [1.29, 1.82) is 0 Å². The average Bonchev–Trinajstić information content (AvgIpc) is 2.64. The summed E-state index contributed by atoms with van der Waals surface area (Å²) in [5, 5.41) is 0. The first-order chi connectivity index (χ1) is 7.98. The summed E-state index contributed by atoms with van der Waals surface area (Å²) in [5.74, 6) is -0.0748. The minimum Gasteiger partial charge on any atom is -0.442 e. The summed E-state index contributed by atoms with van der Waals surface area (Å²) in [4.78, 5) is 11.3. The zero-order chi connectivity index (χ0) is 12.5. The van der Waals surface area contributed by atoms with E-state index < -0.39 is 8.24 Å². The largest absolute Gasteiger partial charge is 0.442 e. The van der Waals surface area contributed by atoms with Crippen LogP contribution in [0.5, 0.6) is 0 Å². The number of ether oxygens (including phenoxy) is 1. The molecular weight excluding hydrogens is 230 g/mol. The van der Waals surface area contributed by atoms with Gasteiger partial charge in [-0.2, -0.15) is 0 Å². The highest BCUT2D eigenvalue weighted by Gasteiger charge is 2.36. The molecule has 1 aliphatic rings. The van der Waals surface area contributed by atoms with Crippen LogP contribution >= 0.6 is 0 Å². The van der Waals surface area contributed by atoms with E-state index >= 15 is 0 Å². The molecule has 0 aromatic heterocycles. The van der Waals surface area contributed by atoms with Crippen LogP contribution in [0.15, 0.2) is 30.3 Å². The molecule has 1 unspecified atom stereocenters. The lowest BCUT2D eigenvalue weighted by molar-refractivity contribution is -0.141. The standard InChI is InChI=1S/C13H19NO2Si/c1-17(2,3)14(11-7-5-4-6-8-11)12-9-10-13(15)16-12/h4-8,12H,9-10H2,1-3H3. The van der Waals surface area contributed by atoms with Gasteiger partial charge in [-0.15, -0.1) is 0 Å². The van der Waals surface area contributed by atoms with Gasteiger partial charge in [0.1, 0.15) is 0 Å². The Hall–Kier alpha value is -1.29. The first kappa shape index (κ1) is 12.2. The molecular formula is C13H19NO2Si. The fraction of sp³-hybridized carbons (Fsp3) is 0.462. The minimum absolute atomic E-state index is 0.0726. The van der Waals surface area contributed by atoms with Crippen molar-refractivity contribution in [2.24, 2.45) is 0 Å². The lowest BCUT2D eigenvalue weighted by Crippen LogP contribution is -2.52. The van der Waals surface area contributed by atoms with Crippen LogP contribution in [0.4, 0.5) is 5.69 Å². The van der Waals surface area contributed by atoms with E-state index in [0.717, 1.165) is 12.1 Å². The van der Waals surface area contributed by atoms with Crippen LogP contribution in [0.1, 0.15) is 12.8 Å². The van der Waals surface area contributed by atoms with Crippen molar-refractivity contribution in [3.05, 3.63) is 30.3 Å². The molecule has 1 fully saturated rings. The number of cyclic esters (lactones) is 1. The van der Waals surface area contributed by atoms with E-state index in [2.05, 4.69) is 36.3 Å². The monoisotopic (exact) mass is 249 g/mol. The van der Waals surface area contributed by atoms with Gasteiger partial charge in [0.2, 0.25) is 0 Å². The third kappa shape index (κ3) is 2.69. The maximum absolute atomic E-state index is 11.3. The quantitative estimate of drug-likeness (QED) is 0.609. The van der Waals surface area contributed by atoms with Crippen molar-refractivity contribution in [1.82, 2.24) is 0 Å². The maximum atomic E-state index is 11.3. The summed E-state index contributed by atoms with van der Waals surface area (Å²) in [6.07, 6.45) is 1.27. The van der Waals surface area contributed by atoms with E-state index in [9.17, 15) is 4.79 Å². The summed E-state index contributed by atoms with van der Waals surface area (Å²) in [7, 11) is -1.57. The van der Waals surface area contributed by atoms with Crippen LogP contribution in [0, 0.1) is 0 Å². The lowest BCUT2D eigenvalue weighted by atomic mass is 10.3. The number of rotatable bonds is 3. The van der Waals surface area contributed by atoms with Crippen molar-refractivity contribution in [3.63, 3.8) is 0 Å². The van der Waals surface area contributed by atoms with Gasteiger partial charge in [0, 0.05) is 12.1 Å². The highest BCUT2D eigenvalue weighted by atomic mass is 28.3. The van der Waals surface area contributed by atoms with Crippen molar-refractivity contribution < 1.29 is 9.53 Å². The number of para-hydroxylation sites is 1. The molecule has 92 valence electrons. The van der Waals surface area contributed by atoms with Gasteiger partial charge in [-0.3, -0.25) is 4.79 Å². The Morgan fingerprint density at radius 3 is 2.35 bits per heavy atom. The SMILES string of the molecule is C[Si](C)(C)N(c1ccccc1)C1CCC(=O)O1. The first-order valence-corrected chi connectivity index (χ1v) is 9.47. The summed E-state index contributed by atoms with van der Waals surface area (Å²) in [6.45, 7) is 6.81. The van der Waals surface area contributed by atoms with Crippen LogP contribution in [0.3, 0.4) is 0 Å². The molecule has 0 spiro atoms. The van der Waals surface area contributed by atoms with Crippen molar-refractivity contribution >= 4 is 19.9 Å². The third-order valence-electron chi connectivity index (χ3n) is 2.91. The Kier molecular flexibility index (Phi) is 3.24. The lowest BCUT2D eigenvalue weighted by Gasteiger charge is -2.39. The summed E-state index contributed by atoms with van der Waals surface area (Å²) in [5.41, 5.74) is 1.16. The summed E-state index contributed by atoms with van der Waals surface area (Å²) in [6, 6.07) is 10.2. The molecule has 1 saturated heterocycles. The molecule has 4 heteroatoms. The molecule has 1 aromatic carbocycles. The Balaban J connectivity index is 2.30. The van der Waals surface area contributed by atoms with Crippen molar-refractivity contribution in [3.8, 4) is 0 Å². The number of hydrogen-bond donors (Lipinski definition) is 0. The minimum atomic E-state index is -1.57. The zero-order valence-corrected chi connectivity index (χ0v) is 11.6. The molecule has 1 heterocycles. The van der Waals surface area contributed by atoms with E-state index in [4.69, 9.17) is 4.74 Å². The number of hydrogen-bond acceptors (Lipinski definition) is 3. The Morgan fingerprint density at radius 1 is 1.24 bits per heavy atom. The molecule has 0 radical (unpaired) electrons. The molecule has 3 nitrogen and oxygen atoms in total. The third-order valence-corrected chi connectivity index (χ3v) is 4.90. The second-order valence-electron chi connectivity index (χ2n) is 5.36. The summed E-state index contributed by atoms with van der Waals surface area (Å²) >= 11 is 0. The van der Waals surface area contributed by atoms with E-state index in [0.29, 0.717) is 6.42 Å². The topological polar surface area (TPSA) is 29.5 Å². The van der Waals surface area contributed by atoms with Gasteiger partial charge < -0.3 is 9.30 Å². The second-order valence-corrected chi connectivity index (χ2v) is 10.2. The van der Waals surface area contributed by atoms with Gasteiger partial charge in [-0.25, -0.2) is 0 Å². The van der Waals surface area contributed by atoms with Crippen LogP contribution in [0.2, 0.25) is 19.6 Å². The van der Waals surface area contributed by atoms with Gasteiger partial charge in [-0.1, -0.05) is 37.8 Å². The molecule has 0 aliphatic carbocycles. The fourth-order valence-corrected chi connectivity index (χ4v) is 4.24. The van der Waals surface area contributed by atoms with E-state index in [1.165, 1.54) is 0 Å². The van der Waals surface area contributed by atoms with Crippen LogP contribution in [0.25, 0.3) is 0 Å². The molecule has 1 atom stereocenters. The maximum Gasteiger partial charge on any atom is 0.307 e. The predicted octanol–water partition coefficient (Wildman–Crippen LogP) is 2.99. The molecule has 0 amide bonds. The molecule has 2 rings (SSSR count). The Labute approximate surface area is 103 Å². The zero-order valence-electron chi connectivity index (χ0n) is 10.6. The van der Waals surface area contributed by atoms with Crippen LogP contribution in [-0.2, 0) is 9.53 Å². The molecule has 0 saturated carbocycles. The number of anilines is 1. The van der Waals surface area contributed by atoms with E-state index in [-0.39, 0.29) is 12.2 Å². The van der Waals surface area contributed by atoms with Crippen LogP contribution in [-0.4, -0.2) is 20.4 Å². The van der Waals surface area contributed by atoms with E-state index in [1.807, 2.05) is 18.2 Å². The molecule has 17 heavy (non-hydrogen) atoms. The number of carbonyl (C=O) groups excluding carboxylic acids is 1. The normalized spacial score (nSPS) is 20.2. The van der Waals surface area contributed by atoms with Gasteiger partial charge in [0.25, 0.3) is 0 Å². The Bertz CT molecular complexity index is 400. The Morgan fingerprint density at radius 2 is 1.88 bits per heavy atom.